The van der Waals surface area contributed by atoms with Crippen LogP contribution >= 0.6 is 0 Å². The zero-order valence-corrected chi connectivity index (χ0v) is 11.7. The lowest BCUT2D eigenvalue weighted by Gasteiger charge is -2.12. The van der Waals surface area contributed by atoms with Gasteiger partial charge < -0.3 is 0 Å². The van der Waals surface area contributed by atoms with Crippen molar-refractivity contribution in [1.29, 1.82) is 5.26 Å². The van der Waals surface area contributed by atoms with Crippen molar-refractivity contribution < 1.29 is 8.78 Å². The van der Waals surface area contributed by atoms with E-state index in [4.69, 9.17) is 5.26 Å². The average molecular weight is 287 g/mol. The van der Waals surface area contributed by atoms with E-state index >= 15 is 0 Å². The number of aryl methyl sites for hydroxylation is 1. The molecule has 0 aliphatic rings. The smallest absolute Gasteiger partial charge is 0.144 e. The monoisotopic (exact) mass is 287 g/mol. The molecule has 0 radical (unpaired) electrons. The maximum atomic E-state index is 13.6. The number of hydrogen-bond acceptors (Lipinski definition) is 3. The first kappa shape index (κ1) is 15.0. The number of aromatic nitrogens is 2. The van der Waals surface area contributed by atoms with Crippen LogP contribution in [-0.2, 0) is 6.42 Å². The van der Waals surface area contributed by atoms with Crippen LogP contribution in [0.25, 0.3) is 0 Å². The molecule has 2 rings (SSSR count). The summed E-state index contributed by atoms with van der Waals surface area (Å²) in [6.07, 6.45) is 5.71. The van der Waals surface area contributed by atoms with Crippen LogP contribution in [0, 0.1) is 23.0 Å². The minimum atomic E-state index is -0.800. The molecule has 2 aromatic rings. The molecule has 1 unspecified atom stereocenters. The highest BCUT2D eigenvalue weighted by Gasteiger charge is 2.14. The molecule has 1 atom stereocenters. The molecule has 1 aromatic carbocycles. The fraction of sp³-hybridized carbons (Fsp3) is 0.312. The summed E-state index contributed by atoms with van der Waals surface area (Å²) in [6, 6.07) is 5.77. The fourth-order valence-corrected chi connectivity index (χ4v) is 2.18. The van der Waals surface area contributed by atoms with Gasteiger partial charge >= 0.3 is 0 Å². The second kappa shape index (κ2) is 6.89. The van der Waals surface area contributed by atoms with Crippen molar-refractivity contribution >= 4 is 0 Å². The van der Waals surface area contributed by atoms with Crippen molar-refractivity contribution in [1.82, 2.24) is 9.97 Å². The molecule has 21 heavy (non-hydrogen) atoms. The third-order valence-corrected chi connectivity index (χ3v) is 3.40. The second-order valence-corrected chi connectivity index (χ2v) is 4.93. The van der Waals surface area contributed by atoms with Crippen LogP contribution in [-0.4, -0.2) is 9.97 Å². The minimum Gasteiger partial charge on any atom is -0.241 e. The van der Waals surface area contributed by atoms with Gasteiger partial charge in [0.05, 0.1) is 0 Å². The van der Waals surface area contributed by atoms with E-state index in [1.807, 2.05) is 6.92 Å². The molecule has 0 N–H and O–H groups in total. The SMILES string of the molecule is CC(CCCc1ncccn1)c1cc(F)c(C#N)c(F)c1. The molecule has 0 aliphatic carbocycles. The van der Waals surface area contributed by atoms with Crippen molar-refractivity contribution in [3.05, 3.63) is 59.2 Å². The first-order chi connectivity index (χ1) is 10.1. The molecule has 0 amide bonds. The summed E-state index contributed by atoms with van der Waals surface area (Å²) in [5, 5.41) is 8.65. The Balaban J connectivity index is 1.98. The van der Waals surface area contributed by atoms with E-state index in [0.29, 0.717) is 5.56 Å². The molecule has 5 heteroatoms. The topological polar surface area (TPSA) is 49.6 Å². The molecule has 0 spiro atoms. The highest BCUT2D eigenvalue weighted by molar-refractivity contribution is 5.36. The summed E-state index contributed by atoms with van der Waals surface area (Å²) in [5.41, 5.74) is 0.0432. The number of nitriles is 1. The summed E-state index contributed by atoms with van der Waals surface area (Å²) < 4.78 is 27.2. The van der Waals surface area contributed by atoms with Crippen LogP contribution in [0.4, 0.5) is 8.78 Å². The van der Waals surface area contributed by atoms with E-state index in [9.17, 15) is 8.78 Å². The Hall–Kier alpha value is -2.35. The zero-order chi connectivity index (χ0) is 15.2. The van der Waals surface area contributed by atoms with Crippen LogP contribution in [0.15, 0.2) is 30.6 Å². The number of hydrogen-bond donors (Lipinski definition) is 0. The van der Waals surface area contributed by atoms with Gasteiger partial charge in [0.25, 0.3) is 0 Å². The lowest BCUT2D eigenvalue weighted by Crippen LogP contribution is -2.01. The van der Waals surface area contributed by atoms with Gasteiger partial charge in [0.1, 0.15) is 29.1 Å². The van der Waals surface area contributed by atoms with Gasteiger partial charge in [-0.25, -0.2) is 18.7 Å². The highest BCUT2D eigenvalue weighted by atomic mass is 19.1. The Labute approximate surface area is 122 Å². The maximum absolute atomic E-state index is 13.6. The molecule has 1 aromatic heterocycles. The van der Waals surface area contributed by atoms with Gasteiger partial charge in [-0.05, 0) is 42.5 Å². The van der Waals surface area contributed by atoms with Crippen LogP contribution in [0.3, 0.4) is 0 Å². The molecule has 108 valence electrons. The first-order valence-corrected chi connectivity index (χ1v) is 6.76. The van der Waals surface area contributed by atoms with E-state index in [2.05, 4.69) is 9.97 Å². The number of nitrogens with zero attached hydrogens (tertiary/aromatic N) is 3. The normalized spacial score (nSPS) is 11.9. The third-order valence-electron chi connectivity index (χ3n) is 3.40. The van der Waals surface area contributed by atoms with Gasteiger partial charge in [-0.3, -0.25) is 0 Å². The van der Waals surface area contributed by atoms with E-state index in [1.165, 1.54) is 18.2 Å². The Kier molecular flexibility index (Phi) is 4.94. The van der Waals surface area contributed by atoms with E-state index in [1.54, 1.807) is 18.5 Å². The van der Waals surface area contributed by atoms with Gasteiger partial charge in [0, 0.05) is 18.8 Å². The predicted octanol–water partition coefficient (Wildman–Crippen LogP) is 3.75. The predicted molar refractivity (Wildman–Crippen MR) is 74.5 cm³/mol. The first-order valence-electron chi connectivity index (χ1n) is 6.76. The molecule has 0 saturated heterocycles. The minimum absolute atomic E-state index is 0.00505. The Morgan fingerprint density at radius 2 is 1.81 bits per heavy atom. The standard InChI is InChI=1S/C16H15F2N3/c1-11(4-2-5-16-20-6-3-7-21-16)12-8-14(17)13(10-19)15(18)9-12/h3,6-9,11H,2,4-5H2,1H3. The quantitative estimate of drug-likeness (QED) is 0.841. The van der Waals surface area contributed by atoms with Crippen molar-refractivity contribution in [2.75, 3.05) is 0 Å². The van der Waals surface area contributed by atoms with Gasteiger partial charge in [-0.15, -0.1) is 0 Å². The summed E-state index contributed by atoms with van der Waals surface area (Å²) in [7, 11) is 0. The fourth-order valence-electron chi connectivity index (χ4n) is 2.18. The van der Waals surface area contributed by atoms with Gasteiger partial charge in [-0.1, -0.05) is 6.92 Å². The van der Waals surface area contributed by atoms with Crippen LogP contribution in [0.2, 0.25) is 0 Å². The molecule has 0 saturated carbocycles. The Morgan fingerprint density at radius 3 is 2.38 bits per heavy atom. The molecule has 1 heterocycles. The molecular weight excluding hydrogens is 272 g/mol. The van der Waals surface area contributed by atoms with E-state index in [0.717, 1.165) is 25.1 Å². The largest absolute Gasteiger partial charge is 0.241 e. The lowest BCUT2D eigenvalue weighted by molar-refractivity contribution is 0.560. The summed E-state index contributed by atoms with van der Waals surface area (Å²) in [4.78, 5) is 8.26. The number of benzene rings is 1. The Bertz CT molecular complexity index is 627. The van der Waals surface area contributed by atoms with E-state index in [-0.39, 0.29) is 5.92 Å². The molecule has 0 fully saturated rings. The third kappa shape index (κ3) is 3.82. The number of rotatable bonds is 5. The van der Waals surface area contributed by atoms with Crippen LogP contribution in [0.1, 0.15) is 42.6 Å². The molecule has 0 aliphatic heterocycles. The van der Waals surface area contributed by atoms with E-state index < -0.39 is 17.2 Å². The van der Waals surface area contributed by atoms with Gasteiger partial charge in [-0.2, -0.15) is 5.26 Å². The van der Waals surface area contributed by atoms with Crippen LogP contribution < -0.4 is 0 Å². The second-order valence-electron chi connectivity index (χ2n) is 4.93. The summed E-state index contributed by atoms with van der Waals surface area (Å²) >= 11 is 0. The van der Waals surface area contributed by atoms with Crippen molar-refractivity contribution in [2.45, 2.75) is 32.1 Å². The molecule has 0 bridgehead atoms. The van der Waals surface area contributed by atoms with Gasteiger partial charge in [0.2, 0.25) is 0 Å². The lowest BCUT2D eigenvalue weighted by atomic mass is 9.94. The molecular formula is C16H15F2N3. The van der Waals surface area contributed by atoms with Crippen LogP contribution in [0.5, 0.6) is 0 Å². The average Bonchev–Trinajstić information content (AvgIpc) is 2.48. The molecule has 3 nitrogen and oxygen atoms in total. The van der Waals surface area contributed by atoms with Crippen molar-refractivity contribution in [2.24, 2.45) is 0 Å². The van der Waals surface area contributed by atoms with Crippen molar-refractivity contribution in [3.8, 4) is 6.07 Å². The van der Waals surface area contributed by atoms with Gasteiger partial charge in [0.15, 0.2) is 0 Å². The summed E-state index contributed by atoms with van der Waals surface area (Å²) in [6.45, 7) is 1.91. The van der Waals surface area contributed by atoms with Crippen molar-refractivity contribution in [3.63, 3.8) is 0 Å². The zero-order valence-electron chi connectivity index (χ0n) is 11.7. The highest BCUT2D eigenvalue weighted by Crippen LogP contribution is 2.25. The Morgan fingerprint density at radius 1 is 1.19 bits per heavy atom. The number of halogens is 2. The maximum Gasteiger partial charge on any atom is 0.144 e. The summed E-state index contributed by atoms with van der Waals surface area (Å²) in [5.74, 6) is -0.830.